The minimum absolute atomic E-state index is 0.000513. The van der Waals surface area contributed by atoms with E-state index in [1.165, 1.54) is 45.3 Å². The van der Waals surface area contributed by atoms with Gasteiger partial charge >= 0.3 is 0 Å². The van der Waals surface area contributed by atoms with Crippen LogP contribution in [0.4, 0.5) is 0 Å². The van der Waals surface area contributed by atoms with E-state index in [2.05, 4.69) is 20.8 Å². The van der Waals surface area contributed by atoms with Crippen LogP contribution >= 0.6 is 115 Å². The fourth-order valence-electron chi connectivity index (χ4n) is 11.5. The molecule has 0 saturated heterocycles. The summed E-state index contributed by atoms with van der Waals surface area (Å²) in [7, 11) is 0.891. The lowest BCUT2D eigenvalue weighted by atomic mass is 10.1. The van der Waals surface area contributed by atoms with Crippen molar-refractivity contribution in [1.82, 2.24) is 19.6 Å². The number of phenolic OH excluding ortho intramolecular Hbond substituents is 3. The molecule has 0 atom stereocenters. The van der Waals surface area contributed by atoms with Crippen molar-refractivity contribution >= 4 is 211 Å². The van der Waals surface area contributed by atoms with Gasteiger partial charge in [-0.15, -0.1) is 115 Å². The molecule has 0 bridgehead atoms. The van der Waals surface area contributed by atoms with Crippen molar-refractivity contribution in [1.29, 1.82) is 0 Å². The van der Waals surface area contributed by atoms with Crippen molar-refractivity contribution in [3.63, 3.8) is 0 Å². The second-order valence-corrected chi connectivity index (χ2v) is 31.1. The standard InChI is InChI=1S/2C19H19Cl2NO3S.C19H21Cl2NO2SSi.C19H21NO5S/c2*20-7-9-22(10-8-21)11-12-25-15-6-5-14(23)19-17(15)18(24)13-3-1-2-4-16(13)26-19;20-7-9-22(10-8-21)11-12-24-14-5-6-16(26)19-17(14)18(23)13-3-1-2-4-15(13)25-19;21-10-7-20(8-11-22)9-12-25-15-6-5-14(23)19-17(15)18(24)13-3-1-2-4-16(13)26-19/h2*1-6,23H,7-12H2;1-6H,7-12H2,26H3;1-6,21-23H,7-12H2. The molecule has 0 aliphatic carbocycles. The van der Waals surface area contributed by atoms with Gasteiger partial charge in [0.05, 0.1) is 48.9 Å². The van der Waals surface area contributed by atoms with Gasteiger partial charge in [0.25, 0.3) is 0 Å². The van der Waals surface area contributed by atoms with Crippen molar-refractivity contribution < 1.29 is 44.5 Å². The van der Waals surface area contributed by atoms with E-state index in [-0.39, 0.29) is 52.2 Å². The number of aliphatic hydroxyl groups excluding tert-OH is 2. The third kappa shape index (κ3) is 21.1. The van der Waals surface area contributed by atoms with Gasteiger partial charge < -0.3 is 44.5 Å². The van der Waals surface area contributed by atoms with Gasteiger partial charge in [0.2, 0.25) is 0 Å². The average Bonchev–Trinajstić information content (AvgIpc) is 0.785. The molecule has 5 N–H and O–H groups in total. The fourth-order valence-corrected chi connectivity index (χ4v) is 18.2. The summed E-state index contributed by atoms with van der Waals surface area (Å²) in [5, 5.41) is 54.5. The maximum absolute atomic E-state index is 13.1. The molecule has 12 rings (SSSR count). The number of halogens is 6. The second kappa shape index (κ2) is 41.7. The van der Waals surface area contributed by atoms with E-state index in [1.54, 1.807) is 59.9 Å². The molecule has 17 nitrogen and oxygen atoms in total. The summed E-state index contributed by atoms with van der Waals surface area (Å²) in [4.78, 5) is 60.1. The predicted molar refractivity (Wildman–Crippen MR) is 443 cm³/mol. The van der Waals surface area contributed by atoms with Gasteiger partial charge in [0, 0.05) is 169 Å². The summed E-state index contributed by atoms with van der Waals surface area (Å²) >= 11 is 40.7. The van der Waals surface area contributed by atoms with E-state index in [0.29, 0.717) is 169 Å². The van der Waals surface area contributed by atoms with E-state index in [9.17, 15) is 34.5 Å². The Morgan fingerprint density at radius 3 is 0.798 bits per heavy atom. The third-order valence-corrected chi connectivity index (χ3v) is 23.9. The Bertz CT molecular complexity index is 4450. The Morgan fingerprint density at radius 2 is 0.538 bits per heavy atom. The average molecular weight is 1630 g/mol. The van der Waals surface area contributed by atoms with Crippen molar-refractivity contribution in [2.45, 2.75) is 0 Å². The van der Waals surface area contributed by atoms with Gasteiger partial charge in [-0.1, -0.05) is 59.8 Å². The summed E-state index contributed by atoms with van der Waals surface area (Å²) in [6.07, 6.45) is 0. The summed E-state index contributed by atoms with van der Waals surface area (Å²) in [5.41, 5.74) is -0.361. The zero-order chi connectivity index (χ0) is 74.1. The number of rotatable bonds is 32. The number of benzene rings is 8. The molecular formula is C76H80Cl6N4O13S4Si. The molecule has 0 unspecified atom stereocenters. The van der Waals surface area contributed by atoms with Crippen molar-refractivity contribution in [3.8, 4) is 40.2 Å². The maximum Gasteiger partial charge on any atom is 0.199 e. The topological polar surface area (TPSA) is 219 Å². The van der Waals surface area contributed by atoms with Gasteiger partial charge in [0.15, 0.2) is 21.7 Å². The highest BCUT2D eigenvalue weighted by Crippen LogP contribution is 2.40. The summed E-state index contributed by atoms with van der Waals surface area (Å²) in [5.74, 6) is 5.54. The molecule has 0 aliphatic heterocycles. The van der Waals surface area contributed by atoms with E-state index in [1.807, 2.05) is 89.8 Å². The van der Waals surface area contributed by atoms with Gasteiger partial charge in [-0.3, -0.25) is 38.8 Å². The Labute approximate surface area is 650 Å². The SMILES string of the molecule is O=c1c2ccccc2sc2c(O)ccc(OCCN(CCCl)CCCl)c12.O=c1c2ccccc2sc2c(O)ccc(OCCN(CCCl)CCCl)c12.O=c1c2ccccc2sc2c(O)ccc(OCCN(CCO)CCO)c12.O=c1c2ccccc2sc2c([SiH3])ccc(OCCN(CCCl)CCCl)c12. The van der Waals surface area contributed by atoms with Crippen LogP contribution in [0.5, 0.6) is 40.2 Å². The smallest absolute Gasteiger partial charge is 0.199 e. The molecule has 0 amide bonds. The summed E-state index contributed by atoms with van der Waals surface area (Å²) < 4.78 is 29.8. The first-order valence-electron chi connectivity index (χ1n) is 33.6. The fraction of sp³-hybridized carbons (Fsp3) is 0.316. The van der Waals surface area contributed by atoms with Crippen LogP contribution in [0, 0.1) is 0 Å². The first-order valence-corrected chi connectivity index (χ1v) is 41.0. The number of fused-ring (bicyclic) bond motifs is 8. The minimum atomic E-state index is -0.164. The molecule has 4 aromatic heterocycles. The van der Waals surface area contributed by atoms with E-state index in [4.69, 9.17) is 98.8 Å². The summed E-state index contributed by atoms with van der Waals surface area (Å²) in [6.45, 7) is 9.53. The lowest BCUT2D eigenvalue weighted by molar-refractivity contribution is 0.142. The van der Waals surface area contributed by atoms with Crippen LogP contribution in [0.15, 0.2) is 165 Å². The number of ether oxygens (including phenoxy) is 4. The molecule has 0 saturated carbocycles. The molecule has 0 aliphatic rings. The largest absolute Gasteiger partial charge is 0.506 e. The molecule has 0 radical (unpaired) electrons. The highest BCUT2D eigenvalue weighted by Gasteiger charge is 2.20. The number of hydrogen-bond donors (Lipinski definition) is 5. The lowest BCUT2D eigenvalue weighted by Gasteiger charge is -2.20. The third-order valence-electron chi connectivity index (χ3n) is 16.8. The molecule has 104 heavy (non-hydrogen) atoms. The first-order chi connectivity index (χ1) is 50.6. The zero-order valence-corrected chi connectivity index (χ0v) is 66.8. The highest BCUT2D eigenvalue weighted by atomic mass is 35.5. The second-order valence-electron chi connectivity index (χ2n) is 23.5. The predicted octanol–water partition coefficient (Wildman–Crippen LogP) is 12.9. The Hall–Kier alpha value is -6.36. The summed E-state index contributed by atoms with van der Waals surface area (Å²) in [6, 6.07) is 43.4. The van der Waals surface area contributed by atoms with Crippen LogP contribution in [0.25, 0.3) is 80.7 Å². The van der Waals surface area contributed by atoms with Crippen LogP contribution in [0.1, 0.15) is 0 Å². The molecule has 0 fully saturated rings. The number of nitrogens with zero attached hydrogens (tertiary/aromatic N) is 4. The lowest BCUT2D eigenvalue weighted by Crippen LogP contribution is -2.33. The number of alkyl halides is 6. The number of hydrogen-bond acceptors (Lipinski definition) is 21. The van der Waals surface area contributed by atoms with E-state index < -0.39 is 0 Å². The molecule has 0 spiro atoms. The molecule has 552 valence electrons. The monoisotopic (exact) mass is 1620 g/mol. The Morgan fingerprint density at radius 1 is 0.308 bits per heavy atom. The van der Waals surface area contributed by atoms with Crippen LogP contribution in [-0.4, -0.2) is 209 Å². The van der Waals surface area contributed by atoms with E-state index >= 15 is 0 Å². The van der Waals surface area contributed by atoms with Crippen molar-refractivity contribution in [2.24, 2.45) is 0 Å². The molecule has 8 aromatic carbocycles. The van der Waals surface area contributed by atoms with Gasteiger partial charge in [-0.05, 0) is 91.0 Å². The number of aromatic hydroxyl groups is 3. The zero-order valence-electron chi connectivity index (χ0n) is 57.0. The van der Waals surface area contributed by atoms with E-state index in [0.717, 1.165) is 84.9 Å². The van der Waals surface area contributed by atoms with Crippen LogP contribution in [0.3, 0.4) is 0 Å². The highest BCUT2D eigenvalue weighted by molar-refractivity contribution is 7.26. The first kappa shape index (κ1) is 81.7. The van der Waals surface area contributed by atoms with Crippen molar-refractivity contribution in [3.05, 3.63) is 186 Å². The quantitative estimate of drug-likeness (QED) is 0.0150. The van der Waals surface area contributed by atoms with Gasteiger partial charge in [-0.2, -0.15) is 0 Å². The van der Waals surface area contributed by atoms with Crippen LogP contribution in [-0.2, 0) is 0 Å². The van der Waals surface area contributed by atoms with Gasteiger partial charge in [0.1, 0.15) is 66.7 Å². The number of aliphatic hydroxyl groups is 2. The Balaban J connectivity index is 0.000000161. The molecule has 12 aromatic rings. The molecule has 4 heterocycles. The van der Waals surface area contributed by atoms with Crippen molar-refractivity contribution in [2.75, 3.05) is 153 Å². The maximum atomic E-state index is 13.1. The Kier molecular flexibility index (Phi) is 32.7. The normalized spacial score (nSPS) is 11.5. The molecule has 28 heteroatoms. The minimum Gasteiger partial charge on any atom is -0.506 e. The van der Waals surface area contributed by atoms with Gasteiger partial charge in [-0.25, -0.2) is 0 Å². The molecular weight excluding hydrogens is 1550 g/mol. The van der Waals surface area contributed by atoms with Crippen LogP contribution < -0.4 is 45.8 Å². The van der Waals surface area contributed by atoms with Crippen LogP contribution in [0.2, 0.25) is 0 Å². The number of phenols is 3.